The molecule has 0 fully saturated rings. The molecule has 0 aliphatic carbocycles. The van der Waals surface area contributed by atoms with Crippen molar-refractivity contribution in [2.45, 2.75) is 58.0 Å². The van der Waals surface area contributed by atoms with Crippen LogP contribution in [0.3, 0.4) is 0 Å². The maximum atomic E-state index is 13.0. The summed E-state index contributed by atoms with van der Waals surface area (Å²) in [4.78, 5) is 27.4. The number of halogens is 1. The Morgan fingerprint density at radius 2 is 1.77 bits per heavy atom. The number of carbonyl (C=O) groups excluding carboxylic acids is 2. The molecule has 0 saturated heterocycles. The van der Waals surface area contributed by atoms with Gasteiger partial charge in [-0.15, -0.1) is 0 Å². The molecule has 1 N–H and O–H groups in total. The summed E-state index contributed by atoms with van der Waals surface area (Å²) in [5.74, 6) is 1.42. The van der Waals surface area contributed by atoms with Crippen LogP contribution in [0, 0.1) is 0 Å². The number of hydrogen-bond donors (Lipinski definition) is 1. The fraction of sp³-hybridized carbons (Fsp3) is 0.417. The van der Waals surface area contributed by atoms with Gasteiger partial charge in [-0.3, -0.25) is 9.59 Å². The Bertz CT molecular complexity index is 816. The minimum absolute atomic E-state index is 0.0256. The van der Waals surface area contributed by atoms with E-state index in [1.165, 1.54) is 5.56 Å². The summed E-state index contributed by atoms with van der Waals surface area (Å²) >= 11 is 7.84. The molecule has 0 bridgehead atoms. The molecule has 0 unspecified atom stereocenters. The zero-order valence-corrected chi connectivity index (χ0v) is 19.5. The molecule has 2 atom stereocenters. The number of hydrogen-bond acceptors (Lipinski definition) is 3. The lowest BCUT2D eigenvalue weighted by atomic mass is 10.1. The van der Waals surface area contributed by atoms with Crippen molar-refractivity contribution in [3.63, 3.8) is 0 Å². The van der Waals surface area contributed by atoms with Crippen LogP contribution in [0.5, 0.6) is 0 Å². The predicted molar refractivity (Wildman–Crippen MR) is 127 cm³/mol. The van der Waals surface area contributed by atoms with E-state index in [2.05, 4.69) is 17.4 Å². The molecule has 2 aromatic rings. The van der Waals surface area contributed by atoms with Crippen LogP contribution in [0.1, 0.15) is 44.7 Å². The number of nitrogens with one attached hydrogen (secondary N) is 1. The maximum Gasteiger partial charge on any atom is 0.242 e. The lowest BCUT2D eigenvalue weighted by Gasteiger charge is -2.29. The van der Waals surface area contributed by atoms with Crippen LogP contribution in [-0.4, -0.2) is 34.6 Å². The molecule has 30 heavy (non-hydrogen) atoms. The number of benzene rings is 2. The van der Waals surface area contributed by atoms with Crippen LogP contribution in [0.25, 0.3) is 0 Å². The van der Waals surface area contributed by atoms with Crippen molar-refractivity contribution in [3.05, 3.63) is 70.7 Å². The lowest BCUT2D eigenvalue weighted by molar-refractivity contribution is -0.140. The van der Waals surface area contributed by atoms with Crippen LogP contribution in [-0.2, 0) is 21.9 Å². The van der Waals surface area contributed by atoms with E-state index in [1.807, 2.05) is 50.2 Å². The Morgan fingerprint density at radius 1 is 1.07 bits per heavy atom. The summed E-state index contributed by atoms with van der Waals surface area (Å²) in [7, 11) is 0. The quantitative estimate of drug-likeness (QED) is 0.477. The number of nitrogens with zero attached hydrogens (tertiary/aromatic N) is 1. The van der Waals surface area contributed by atoms with E-state index in [0.29, 0.717) is 23.7 Å². The molecule has 162 valence electrons. The van der Waals surface area contributed by atoms with Gasteiger partial charge in [-0.05, 0) is 43.5 Å². The third-order valence-electron chi connectivity index (χ3n) is 4.98. The standard InChI is InChI=1S/C24H31ClN2O2S/c1-4-18(2)26-24(29)19(3)27(16-21-11-8-12-22(25)15-21)23(28)13-14-30-17-20-9-6-5-7-10-20/h5-12,15,18-19H,4,13-14,16-17H2,1-3H3,(H,26,29)/t18-,19+/m1/s1. The minimum Gasteiger partial charge on any atom is -0.352 e. The van der Waals surface area contributed by atoms with Gasteiger partial charge in [-0.25, -0.2) is 0 Å². The topological polar surface area (TPSA) is 49.4 Å². The van der Waals surface area contributed by atoms with Crippen molar-refractivity contribution in [1.29, 1.82) is 0 Å². The molecule has 2 rings (SSSR count). The van der Waals surface area contributed by atoms with Gasteiger partial charge in [0.1, 0.15) is 6.04 Å². The summed E-state index contributed by atoms with van der Waals surface area (Å²) < 4.78 is 0. The van der Waals surface area contributed by atoms with E-state index in [1.54, 1.807) is 29.7 Å². The molecule has 2 aromatic carbocycles. The fourth-order valence-corrected chi connectivity index (χ4v) is 4.05. The van der Waals surface area contributed by atoms with E-state index in [9.17, 15) is 9.59 Å². The first-order valence-corrected chi connectivity index (χ1v) is 11.9. The van der Waals surface area contributed by atoms with E-state index in [-0.39, 0.29) is 17.9 Å². The zero-order valence-electron chi connectivity index (χ0n) is 17.9. The summed E-state index contributed by atoms with van der Waals surface area (Å²) in [6.07, 6.45) is 1.23. The van der Waals surface area contributed by atoms with E-state index >= 15 is 0 Å². The van der Waals surface area contributed by atoms with Crippen molar-refractivity contribution in [3.8, 4) is 0 Å². The van der Waals surface area contributed by atoms with Crippen LogP contribution in [0.15, 0.2) is 54.6 Å². The average Bonchev–Trinajstić information content (AvgIpc) is 2.75. The molecule has 4 nitrogen and oxygen atoms in total. The fourth-order valence-electron chi connectivity index (χ4n) is 2.95. The molecule has 6 heteroatoms. The van der Waals surface area contributed by atoms with E-state index in [4.69, 9.17) is 11.6 Å². The first-order chi connectivity index (χ1) is 14.4. The SMILES string of the molecule is CC[C@@H](C)NC(=O)[C@H](C)N(Cc1cccc(Cl)c1)C(=O)CCSCc1ccccc1. The second-order valence-corrected chi connectivity index (χ2v) is 8.98. The number of carbonyl (C=O) groups is 2. The Labute approximate surface area is 189 Å². The van der Waals surface area contributed by atoms with Gasteiger partial charge in [-0.2, -0.15) is 11.8 Å². The van der Waals surface area contributed by atoms with E-state index in [0.717, 1.165) is 17.7 Å². The average molecular weight is 447 g/mol. The third kappa shape index (κ3) is 8.04. The first kappa shape index (κ1) is 24.3. The molecular formula is C24H31ClN2O2S. The van der Waals surface area contributed by atoms with Gasteiger partial charge < -0.3 is 10.2 Å². The van der Waals surface area contributed by atoms with Crippen LogP contribution in [0.2, 0.25) is 5.02 Å². The monoisotopic (exact) mass is 446 g/mol. The number of amides is 2. The smallest absolute Gasteiger partial charge is 0.242 e. The summed E-state index contributed by atoms with van der Waals surface area (Å²) in [5, 5.41) is 3.61. The molecule has 0 aromatic heterocycles. The second kappa shape index (κ2) is 12.7. The van der Waals surface area contributed by atoms with Crippen molar-refractivity contribution < 1.29 is 9.59 Å². The largest absolute Gasteiger partial charge is 0.352 e. The van der Waals surface area contributed by atoms with Crippen LogP contribution < -0.4 is 5.32 Å². The Morgan fingerprint density at radius 3 is 2.43 bits per heavy atom. The molecule has 0 aliphatic heterocycles. The van der Waals surface area contributed by atoms with Gasteiger partial charge in [-0.1, -0.05) is 61.0 Å². The third-order valence-corrected chi connectivity index (χ3v) is 6.25. The lowest BCUT2D eigenvalue weighted by Crippen LogP contribution is -2.49. The summed E-state index contributed by atoms with van der Waals surface area (Å²) in [6, 6.07) is 17.2. The van der Waals surface area contributed by atoms with Crippen molar-refractivity contribution in [1.82, 2.24) is 10.2 Å². The maximum absolute atomic E-state index is 13.0. The minimum atomic E-state index is -0.551. The first-order valence-electron chi connectivity index (χ1n) is 10.4. The highest BCUT2D eigenvalue weighted by atomic mass is 35.5. The highest BCUT2D eigenvalue weighted by molar-refractivity contribution is 7.98. The second-order valence-electron chi connectivity index (χ2n) is 7.43. The van der Waals surface area contributed by atoms with Crippen LogP contribution in [0.4, 0.5) is 0 Å². The highest BCUT2D eigenvalue weighted by Crippen LogP contribution is 2.18. The van der Waals surface area contributed by atoms with Crippen molar-refractivity contribution in [2.75, 3.05) is 5.75 Å². The molecular weight excluding hydrogens is 416 g/mol. The van der Waals surface area contributed by atoms with Crippen molar-refractivity contribution >= 4 is 35.2 Å². The molecule has 0 spiro atoms. The van der Waals surface area contributed by atoms with Crippen molar-refractivity contribution in [2.24, 2.45) is 0 Å². The van der Waals surface area contributed by atoms with Gasteiger partial charge >= 0.3 is 0 Å². The molecule has 0 radical (unpaired) electrons. The van der Waals surface area contributed by atoms with E-state index < -0.39 is 6.04 Å². The Hall–Kier alpha value is -1.98. The normalized spacial score (nSPS) is 12.8. The van der Waals surface area contributed by atoms with Gasteiger partial charge in [0.05, 0.1) is 0 Å². The number of thioether (sulfide) groups is 1. The molecule has 2 amide bonds. The molecule has 0 aliphatic rings. The zero-order chi connectivity index (χ0) is 21.9. The van der Waals surface area contributed by atoms with Crippen LogP contribution >= 0.6 is 23.4 Å². The molecule has 0 heterocycles. The van der Waals surface area contributed by atoms with Gasteiger partial charge in [0.15, 0.2) is 0 Å². The summed E-state index contributed by atoms with van der Waals surface area (Å²) in [5.41, 5.74) is 2.16. The highest BCUT2D eigenvalue weighted by Gasteiger charge is 2.26. The van der Waals surface area contributed by atoms with Gasteiger partial charge in [0.2, 0.25) is 11.8 Å². The number of rotatable bonds is 11. The Kier molecular flexibility index (Phi) is 10.2. The Balaban J connectivity index is 2.01. The van der Waals surface area contributed by atoms with Gasteiger partial charge in [0.25, 0.3) is 0 Å². The predicted octanol–water partition coefficient (Wildman–Crippen LogP) is 5.30. The van der Waals surface area contributed by atoms with Gasteiger partial charge in [0, 0.05) is 35.5 Å². The molecule has 0 saturated carbocycles. The summed E-state index contributed by atoms with van der Waals surface area (Å²) in [6.45, 7) is 6.14.